The van der Waals surface area contributed by atoms with Gasteiger partial charge in [0.2, 0.25) is 0 Å². The summed E-state index contributed by atoms with van der Waals surface area (Å²) in [5, 5.41) is 7.70. The number of nitrogens with zero attached hydrogens (tertiary/aromatic N) is 3. The SMILES string of the molecule is CC(CCC(C)n1ccnn1)OC(=O)c1ccc(F)cc1. The molecular formula is C15H18FN3O2. The van der Waals surface area contributed by atoms with Gasteiger partial charge in [-0.15, -0.1) is 5.10 Å². The van der Waals surface area contributed by atoms with Crippen LogP contribution in [0.5, 0.6) is 0 Å². The highest BCUT2D eigenvalue weighted by Gasteiger charge is 2.14. The van der Waals surface area contributed by atoms with E-state index in [2.05, 4.69) is 10.3 Å². The summed E-state index contributed by atoms with van der Waals surface area (Å²) in [6.07, 6.45) is 4.76. The van der Waals surface area contributed by atoms with Crippen LogP contribution in [-0.4, -0.2) is 27.1 Å². The average molecular weight is 291 g/mol. The Morgan fingerprint density at radius 1 is 1.29 bits per heavy atom. The van der Waals surface area contributed by atoms with Gasteiger partial charge in [0.05, 0.1) is 23.9 Å². The zero-order valence-electron chi connectivity index (χ0n) is 12.1. The van der Waals surface area contributed by atoms with Gasteiger partial charge in [0.25, 0.3) is 0 Å². The quantitative estimate of drug-likeness (QED) is 0.768. The van der Waals surface area contributed by atoms with E-state index in [1.807, 2.05) is 13.8 Å². The first-order valence-corrected chi connectivity index (χ1v) is 6.88. The van der Waals surface area contributed by atoms with Crippen molar-refractivity contribution in [3.63, 3.8) is 0 Å². The van der Waals surface area contributed by atoms with Crippen molar-refractivity contribution >= 4 is 5.97 Å². The van der Waals surface area contributed by atoms with E-state index in [0.717, 1.165) is 6.42 Å². The van der Waals surface area contributed by atoms with Crippen molar-refractivity contribution in [3.8, 4) is 0 Å². The van der Waals surface area contributed by atoms with Gasteiger partial charge in [0.1, 0.15) is 5.82 Å². The molecule has 0 saturated carbocycles. The molecular weight excluding hydrogens is 273 g/mol. The molecule has 0 aliphatic rings. The first kappa shape index (κ1) is 15.2. The van der Waals surface area contributed by atoms with E-state index in [-0.39, 0.29) is 18.0 Å². The van der Waals surface area contributed by atoms with Crippen LogP contribution < -0.4 is 0 Å². The third-order valence-electron chi connectivity index (χ3n) is 3.27. The van der Waals surface area contributed by atoms with Gasteiger partial charge < -0.3 is 4.74 Å². The first-order valence-electron chi connectivity index (χ1n) is 6.88. The molecule has 0 bridgehead atoms. The Kier molecular flexibility index (Phi) is 5.03. The molecule has 1 heterocycles. The van der Waals surface area contributed by atoms with Crippen molar-refractivity contribution in [1.29, 1.82) is 0 Å². The highest BCUT2D eigenvalue weighted by Crippen LogP contribution is 2.15. The van der Waals surface area contributed by atoms with Crippen LogP contribution in [0.4, 0.5) is 4.39 Å². The second kappa shape index (κ2) is 6.97. The molecule has 0 fully saturated rings. The topological polar surface area (TPSA) is 57.0 Å². The molecule has 1 aromatic carbocycles. The maximum atomic E-state index is 12.8. The number of esters is 1. The summed E-state index contributed by atoms with van der Waals surface area (Å²) < 4.78 is 19.9. The van der Waals surface area contributed by atoms with Crippen LogP contribution in [0.1, 0.15) is 43.1 Å². The normalized spacial score (nSPS) is 13.7. The van der Waals surface area contributed by atoms with Crippen molar-refractivity contribution < 1.29 is 13.9 Å². The highest BCUT2D eigenvalue weighted by molar-refractivity contribution is 5.89. The molecule has 0 aliphatic carbocycles. The van der Waals surface area contributed by atoms with E-state index in [1.165, 1.54) is 24.3 Å². The van der Waals surface area contributed by atoms with Gasteiger partial charge in [-0.2, -0.15) is 0 Å². The Labute approximate surface area is 122 Å². The number of carbonyl (C=O) groups is 1. The number of ether oxygens (including phenoxy) is 1. The van der Waals surface area contributed by atoms with Gasteiger partial charge >= 0.3 is 5.97 Å². The van der Waals surface area contributed by atoms with Crippen molar-refractivity contribution in [2.24, 2.45) is 0 Å². The smallest absolute Gasteiger partial charge is 0.338 e. The number of aromatic nitrogens is 3. The molecule has 0 aliphatic heterocycles. The van der Waals surface area contributed by atoms with E-state index >= 15 is 0 Å². The Balaban J connectivity index is 1.80. The second-order valence-electron chi connectivity index (χ2n) is 5.03. The molecule has 0 amide bonds. The maximum absolute atomic E-state index is 12.8. The van der Waals surface area contributed by atoms with E-state index in [0.29, 0.717) is 12.0 Å². The number of carbonyl (C=O) groups excluding carboxylic acids is 1. The minimum Gasteiger partial charge on any atom is -0.459 e. The Hall–Kier alpha value is -2.24. The number of rotatable bonds is 6. The summed E-state index contributed by atoms with van der Waals surface area (Å²) in [6, 6.07) is 5.52. The molecule has 0 N–H and O–H groups in total. The van der Waals surface area contributed by atoms with Crippen LogP contribution >= 0.6 is 0 Å². The van der Waals surface area contributed by atoms with E-state index in [9.17, 15) is 9.18 Å². The number of benzene rings is 1. The van der Waals surface area contributed by atoms with Gasteiger partial charge in [-0.1, -0.05) is 5.21 Å². The molecule has 2 unspecified atom stereocenters. The molecule has 2 atom stereocenters. The summed E-state index contributed by atoms with van der Waals surface area (Å²) in [5.41, 5.74) is 0.354. The molecule has 2 aromatic rings. The third kappa shape index (κ3) is 4.37. The molecule has 0 radical (unpaired) electrons. The molecule has 112 valence electrons. The molecule has 0 spiro atoms. The first-order chi connectivity index (χ1) is 10.1. The fraction of sp³-hybridized carbons (Fsp3) is 0.400. The van der Waals surface area contributed by atoms with Crippen LogP contribution in [0.2, 0.25) is 0 Å². The maximum Gasteiger partial charge on any atom is 0.338 e. The predicted molar refractivity (Wildman–Crippen MR) is 75.2 cm³/mol. The fourth-order valence-electron chi connectivity index (χ4n) is 1.96. The lowest BCUT2D eigenvalue weighted by Crippen LogP contribution is -2.17. The van der Waals surface area contributed by atoms with Gasteiger partial charge in [0, 0.05) is 6.20 Å². The van der Waals surface area contributed by atoms with Crippen molar-refractivity contribution in [3.05, 3.63) is 48.0 Å². The Bertz CT molecular complexity index is 569. The summed E-state index contributed by atoms with van der Waals surface area (Å²) >= 11 is 0. The van der Waals surface area contributed by atoms with E-state index < -0.39 is 5.97 Å². The minimum atomic E-state index is -0.434. The molecule has 2 rings (SSSR count). The fourth-order valence-corrected chi connectivity index (χ4v) is 1.96. The summed E-state index contributed by atoms with van der Waals surface area (Å²) in [5.74, 6) is -0.808. The van der Waals surface area contributed by atoms with Crippen molar-refractivity contribution in [2.75, 3.05) is 0 Å². The van der Waals surface area contributed by atoms with Crippen molar-refractivity contribution in [2.45, 2.75) is 38.8 Å². The second-order valence-corrected chi connectivity index (χ2v) is 5.03. The summed E-state index contributed by atoms with van der Waals surface area (Å²) in [4.78, 5) is 11.9. The van der Waals surface area contributed by atoms with Crippen LogP contribution in [-0.2, 0) is 4.74 Å². The number of hydrogen-bond acceptors (Lipinski definition) is 4. The zero-order valence-corrected chi connectivity index (χ0v) is 12.1. The third-order valence-corrected chi connectivity index (χ3v) is 3.27. The zero-order chi connectivity index (χ0) is 15.2. The van der Waals surface area contributed by atoms with Crippen LogP contribution in [0, 0.1) is 5.82 Å². The molecule has 6 heteroatoms. The lowest BCUT2D eigenvalue weighted by molar-refractivity contribution is 0.0312. The van der Waals surface area contributed by atoms with Gasteiger partial charge in [-0.3, -0.25) is 0 Å². The summed E-state index contributed by atoms with van der Waals surface area (Å²) in [6.45, 7) is 3.87. The minimum absolute atomic E-state index is 0.194. The molecule has 1 aromatic heterocycles. The van der Waals surface area contributed by atoms with Crippen LogP contribution in [0.25, 0.3) is 0 Å². The van der Waals surface area contributed by atoms with Crippen LogP contribution in [0.3, 0.4) is 0 Å². The summed E-state index contributed by atoms with van der Waals surface area (Å²) in [7, 11) is 0. The Morgan fingerprint density at radius 2 is 2.00 bits per heavy atom. The molecule has 21 heavy (non-hydrogen) atoms. The standard InChI is InChI=1S/C15H18FN3O2/c1-11(19-10-9-17-18-19)3-4-12(2)21-15(20)13-5-7-14(16)8-6-13/h5-12H,3-4H2,1-2H3. The monoisotopic (exact) mass is 291 g/mol. The van der Waals surface area contributed by atoms with E-state index in [1.54, 1.807) is 17.1 Å². The van der Waals surface area contributed by atoms with Gasteiger partial charge in [-0.05, 0) is 51.0 Å². The Morgan fingerprint density at radius 3 is 2.62 bits per heavy atom. The van der Waals surface area contributed by atoms with E-state index in [4.69, 9.17) is 4.74 Å². The molecule has 5 nitrogen and oxygen atoms in total. The van der Waals surface area contributed by atoms with Gasteiger partial charge in [-0.25, -0.2) is 13.9 Å². The lowest BCUT2D eigenvalue weighted by atomic mass is 10.1. The van der Waals surface area contributed by atoms with Crippen LogP contribution in [0.15, 0.2) is 36.7 Å². The number of hydrogen-bond donors (Lipinski definition) is 0. The number of halogens is 1. The van der Waals surface area contributed by atoms with Crippen molar-refractivity contribution in [1.82, 2.24) is 15.0 Å². The lowest BCUT2D eigenvalue weighted by Gasteiger charge is -2.16. The highest BCUT2D eigenvalue weighted by atomic mass is 19.1. The van der Waals surface area contributed by atoms with Gasteiger partial charge in [0.15, 0.2) is 0 Å². The predicted octanol–water partition coefficient (Wildman–Crippen LogP) is 3.00. The largest absolute Gasteiger partial charge is 0.459 e. The molecule has 0 saturated heterocycles. The average Bonchev–Trinajstić information content (AvgIpc) is 2.99.